The van der Waals surface area contributed by atoms with E-state index in [2.05, 4.69) is 5.32 Å². The maximum absolute atomic E-state index is 12.5. The molecule has 3 N–H and O–H groups in total. The van der Waals surface area contributed by atoms with Crippen LogP contribution in [0.2, 0.25) is 0 Å². The zero-order valence-electron chi connectivity index (χ0n) is 10.7. The highest BCUT2D eigenvalue weighted by molar-refractivity contribution is 5.28. The minimum Gasteiger partial charge on any atom is -0.330 e. The first-order valence-electron chi connectivity index (χ1n) is 6.60. The monoisotopic (exact) mass is 272 g/mol. The molecule has 0 aliphatic carbocycles. The van der Waals surface area contributed by atoms with Crippen molar-refractivity contribution < 1.29 is 13.2 Å². The number of rotatable bonds is 3. The normalized spacial score (nSPS) is 19.4. The first-order chi connectivity index (χ1) is 9.02. The van der Waals surface area contributed by atoms with Gasteiger partial charge in [-0.05, 0) is 62.0 Å². The highest BCUT2D eigenvalue weighted by Gasteiger charge is 2.31. The van der Waals surface area contributed by atoms with E-state index in [4.69, 9.17) is 5.73 Å². The Kier molecular flexibility index (Phi) is 4.47. The number of nitrogens with one attached hydrogen (secondary N) is 1. The van der Waals surface area contributed by atoms with Gasteiger partial charge >= 0.3 is 6.18 Å². The Morgan fingerprint density at radius 1 is 1.16 bits per heavy atom. The van der Waals surface area contributed by atoms with E-state index in [0.29, 0.717) is 12.5 Å². The molecule has 1 fully saturated rings. The Hall–Kier alpha value is -1.07. The van der Waals surface area contributed by atoms with E-state index in [1.54, 1.807) is 12.1 Å². The fourth-order valence-corrected chi connectivity index (χ4v) is 2.77. The Balaban J connectivity index is 2.14. The molecule has 1 heterocycles. The van der Waals surface area contributed by atoms with E-state index < -0.39 is 11.7 Å². The molecule has 1 unspecified atom stereocenters. The van der Waals surface area contributed by atoms with Crippen molar-refractivity contribution in [2.75, 3.05) is 19.6 Å². The molecule has 19 heavy (non-hydrogen) atoms. The van der Waals surface area contributed by atoms with Crippen LogP contribution in [0.1, 0.15) is 29.9 Å². The van der Waals surface area contributed by atoms with Crippen molar-refractivity contribution in [3.63, 3.8) is 0 Å². The Morgan fingerprint density at radius 2 is 1.74 bits per heavy atom. The number of nitrogens with two attached hydrogens (primary N) is 1. The van der Waals surface area contributed by atoms with Crippen LogP contribution >= 0.6 is 0 Å². The van der Waals surface area contributed by atoms with Gasteiger partial charge in [0.05, 0.1) is 5.56 Å². The number of halogens is 3. The molecule has 0 aromatic heterocycles. The van der Waals surface area contributed by atoms with Crippen LogP contribution in [-0.4, -0.2) is 19.6 Å². The third kappa shape index (κ3) is 3.48. The SMILES string of the molecule is NCC(c1ccc(C(F)(F)F)cc1)C1CCNCC1. The maximum Gasteiger partial charge on any atom is 0.416 e. The molecule has 0 saturated carbocycles. The fourth-order valence-electron chi connectivity index (χ4n) is 2.77. The maximum atomic E-state index is 12.5. The molecule has 0 radical (unpaired) electrons. The smallest absolute Gasteiger partial charge is 0.330 e. The lowest BCUT2D eigenvalue weighted by atomic mass is 9.80. The molecule has 0 amide bonds. The van der Waals surface area contributed by atoms with E-state index in [1.807, 2.05) is 0 Å². The van der Waals surface area contributed by atoms with Crippen LogP contribution in [0.5, 0.6) is 0 Å². The molecule has 1 aliphatic heterocycles. The largest absolute Gasteiger partial charge is 0.416 e. The lowest BCUT2D eigenvalue weighted by Crippen LogP contribution is -2.33. The lowest BCUT2D eigenvalue weighted by molar-refractivity contribution is -0.137. The number of alkyl halides is 3. The second-order valence-electron chi connectivity index (χ2n) is 5.05. The lowest BCUT2D eigenvalue weighted by Gasteiger charge is -2.30. The van der Waals surface area contributed by atoms with Crippen molar-refractivity contribution >= 4 is 0 Å². The molecule has 106 valence electrons. The number of hydrogen-bond donors (Lipinski definition) is 2. The zero-order chi connectivity index (χ0) is 13.9. The number of benzene rings is 1. The first kappa shape index (κ1) is 14.3. The molecule has 0 bridgehead atoms. The Bertz CT molecular complexity index is 394. The van der Waals surface area contributed by atoms with E-state index in [0.717, 1.165) is 43.6 Å². The van der Waals surface area contributed by atoms with Gasteiger partial charge in [-0.3, -0.25) is 0 Å². The highest BCUT2D eigenvalue weighted by Crippen LogP contribution is 2.33. The van der Waals surface area contributed by atoms with Crippen molar-refractivity contribution in [3.05, 3.63) is 35.4 Å². The van der Waals surface area contributed by atoms with Gasteiger partial charge in [-0.15, -0.1) is 0 Å². The predicted octanol–water partition coefficient (Wildman–Crippen LogP) is 2.75. The molecule has 5 heteroatoms. The zero-order valence-corrected chi connectivity index (χ0v) is 10.7. The van der Waals surface area contributed by atoms with Gasteiger partial charge in [-0.2, -0.15) is 13.2 Å². The third-order valence-electron chi connectivity index (χ3n) is 3.87. The summed E-state index contributed by atoms with van der Waals surface area (Å²) in [6, 6.07) is 5.45. The van der Waals surface area contributed by atoms with Crippen LogP contribution in [0.25, 0.3) is 0 Å². The van der Waals surface area contributed by atoms with Crippen molar-refractivity contribution in [1.29, 1.82) is 0 Å². The van der Waals surface area contributed by atoms with Crippen molar-refractivity contribution in [1.82, 2.24) is 5.32 Å². The Labute approximate surface area is 111 Å². The molecule has 0 spiro atoms. The van der Waals surface area contributed by atoms with Gasteiger partial charge in [0.2, 0.25) is 0 Å². The fraction of sp³-hybridized carbons (Fsp3) is 0.571. The van der Waals surface area contributed by atoms with Crippen LogP contribution in [0.3, 0.4) is 0 Å². The van der Waals surface area contributed by atoms with E-state index in [1.165, 1.54) is 0 Å². The standard InChI is InChI=1S/C14H19F3N2/c15-14(16,17)12-3-1-10(2-4-12)13(9-18)11-5-7-19-8-6-11/h1-4,11,13,19H,5-9,18H2. The summed E-state index contributed by atoms with van der Waals surface area (Å²) in [5.41, 5.74) is 6.14. The van der Waals surface area contributed by atoms with Crippen LogP contribution in [0.4, 0.5) is 13.2 Å². The quantitative estimate of drug-likeness (QED) is 0.888. The van der Waals surface area contributed by atoms with Crippen LogP contribution < -0.4 is 11.1 Å². The van der Waals surface area contributed by atoms with Gasteiger partial charge in [-0.25, -0.2) is 0 Å². The summed E-state index contributed by atoms with van der Waals surface area (Å²) in [4.78, 5) is 0. The van der Waals surface area contributed by atoms with Crippen LogP contribution in [0, 0.1) is 5.92 Å². The van der Waals surface area contributed by atoms with E-state index in [-0.39, 0.29) is 5.92 Å². The summed E-state index contributed by atoms with van der Waals surface area (Å²) in [7, 11) is 0. The van der Waals surface area contributed by atoms with Gasteiger partial charge in [0, 0.05) is 0 Å². The minimum absolute atomic E-state index is 0.157. The molecule has 1 atom stereocenters. The molecule has 2 nitrogen and oxygen atoms in total. The van der Waals surface area contributed by atoms with Crippen LogP contribution in [-0.2, 0) is 6.18 Å². The van der Waals surface area contributed by atoms with Gasteiger partial charge in [-0.1, -0.05) is 12.1 Å². The van der Waals surface area contributed by atoms with E-state index >= 15 is 0 Å². The summed E-state index contributed by atoms with van der Waals surface area (Å²) in [5.74, 6) is 0.618. The topological polar surface area (TPSA) is 38.0 Å². The average Bonchev–Trinajstić information content (AvgIpc) is 2.40. The molecule has 1 aromatic carbocycles. The Morgan fingerprint density at radius 3 is 2.21 bits per heavy atom. The number of hydrogen-bond acceptors (Lipinski definition) is 2. The molecular formula is C14H19F3N2. The summed E-state index contributed by atoms with van der Waals surface area (Å²) >= 11 is 0. The van der Waals surface area contributed by atoms with Crippen molar-refractivity contribution in [2.45, 2.75) is 24.9 Å². The second-order valence-corrected chi connectivity index (χ2v) is 5.05. The molecular weight excluding hydrogens is 253 g/mol. The van der Waals surface area contributed by atoms with E-state index in [9.17, 15) is 13.2 Å². The third-order valence-corrected chi connectivity index (χ3v) is 3.87. The predicted molar refractivity (Wildman–Crippen MR) is 68.8 cm³/mol. The van der Waals surface area contributed by atoms with Gasteiger partial charge in [0.15, 0.2) is 0 Å². The van der Waals surface area contributed by atoms with Gasteiger partial charge in [0.1, 0.15) is 0 Å². The van der Waals surface area contributed by atoms with Crippen molar-refractivity contribution in [3.8, 4) is 0 Å². The van der Waals surface area contributed by atoms with Gasteiger partial charge in [0.25, 0.3) is 0 Å². The number of piperidine rings is 1. The summed E-state index contributed by atoms with van der Waals surface area (Å²) in [6.45, 7) is 2.40. The molecule has 1 aromatic rings. The molecule has 1 aliphatic rings. The second kappa shape index (κ2) is 5.92. The highest BCUT2D eigenvalue weighted by atomic mass is 19.4. The van der Waals surface area contributed by atoms with Crippen molar-refractivity contribution in [2.24, 2.45) is 11.7 Å². The summed E-state index contributed by atoms with van der Waals surface area (Å²) in [6.07, 6.45) is -2.21. The molecule has 1 saturated heterocycles. The summed E-state index contributed by atoms with van der Waals surface area (Å²) in [5, 5.41) is 3.28. The first-order valence-corrected chi connectivity index (χ1v) is 6.60. The average molecular weight is 272 g/mol. The van der Waals surface area contributed by atoms with Crippen LogP contribution in [0.15, 0.2) is 24.3 Å². The minimum atomic E-state index is -4.27. The van der Waals surface area contributed by atoms with Gasteiger partial charge < -0.3 is 11.1 Å². The summed E-state index contributed by atoms with van der Waals surface area (Å²) < 4.78 is 37.6. The molecule has 2 rings (SSSR count).